The molecule has 0 atom stereocenters. The van der Waals surface area contributed by atoms with Gasteiger partial charge in [0.15, 0.2) is 5.78 Å². The molecular formula is C21H22FNO3. The van der Waals surface area contributed by atoms with Gasteiger partial charge in [0.05, 0.1) is 6.42 Å². The minimum atomic E-state index is -0.428. The normalized spacial score (nSPS) is 10.4. The predicted molar refractivity (Wildman–Crippen MR) is 98.8 cm³/mol. The minimum Gasteiger partial charge on any atom is -0.326 e. The number of rotatable bonds is 8. The SMILES string of the molecule is Cc1cccc(C)c1NC(=O)CCCC(=O)CC(=O)c1ccc(F)cc1. The second-order valence-corrected chi connectivity index (χ2v) is 6.31. The van der Waals surface area contributed by atoms with Gasteiger partial charge in [-0.25, -0.2) is 4.39 Å². The maximum Gasteiger partial charge on any atom is 0.224 e. The Bertz CT molecular complexity index is 792. The van der Waals surface area contributed by atoms with Crippen molar-refractivity contribution < 1.29 is 18.8 Å². The summed E-state index contributed by atoms with van der Waals surface area (Å²) in [5.41, 5.74) is 3.08. The van der Waals surface area contributed by atoms with Gasteiger partial charge < -0.3 is 5.32 Å². The van der Waals surface area contributed by atoms with E-state index < -0.39 is 5.82 Å². The second-order valence-electron chi connectivity index (χ2n) is 6.31. The average Bonchev–Trinajstić information content (AvgIpc) is 2.59. The van der Waals surface area contributed by atoms with E-state index in [1.54, 1.807) is 0 Å². The summed E-state index contributed by atoms with van der Waals surface area (Å²) in [4.78, 5) is 35.9. The first-order valence-electron chi connectivity index (χ1n) is 8.53. The van der Waals surface area contributed by atoms with Crippen LogP contribution in [0.3, 0.4) is 0 Å². The molecule has 0 bridgehead atoms. The molecule has 136 valence electrons. The van der Waals surface area contributed by atoms with Gasteiger partial charge in [-0.2, -0.15) is 0 Å². The smallest absolute Gasteiger partial charge is 0.224 e. The van der Waals surface area contributed by atoms with Gasteiger partial charge in [0.2, 0.25) is 5.91 Å². The molecule has 1 amide bonds. The summed E-state index contributed by atoms with van der Waals surface area (Å²) < 4.78 is 12.8. The van der Waals surface area contributed by atoms with Crippen LogP contribution < -0.4 is 5.32 Å². The molecule has 0 spiro atoms. The van der Waals surface area contributed by atoms with Crippen molar-refractivity contribution >= 4 is 23.2 Å². The zero-order valence-electron chi connectivity index (χ0n) is 15.0. The lowest BCUT2D eigenvalue weighted by Crippen LogP contribution is -2.14. The molecule has 0 saturated carbocycles. The maximum atomic E-state index is 12.8. The van der Waals surface area contributed by atoms with E-state index in [-0.39, 0.29) is 36.7 Å². The van der Waals surface area contributed by atoms with E-state index in [0.29, 0.717) is 12.0 Å². The highest BCUT2D eigenvalue weighted by atomic mass is 19.1. The molecule has 0 heterocycles. The van der Waals surface area contributed by atoms with Crippen LogP contribution in [0.4, 0.5) is 10.1 Å². The van der Waals surface area contributed by atoms with Crippen molar-refractivity contribution in [3.63, 3.8) is 0 Å². The Morgan fingerprint density at radius 3 is 2.15 bits per heavy atom. The summed E-state index contributed by atoms with van der Waals surface area (Å²) in [6.07, 6.45) is 0.522. The topological polar surface area (TPSA) is 63.2 Å². The number of carbonyl (C=O) groups excluding carboxylic acids is 3. The first kappa shape index (κ1) is 19.5. The number of Topliss-reactive ketones (excluding diaryl/α,β-unsaturated/α-hetero) is 2. The van der Waals surface area contributed by atoms with Crippen LogP contribution in [0.5, 0.6) is 0 Å². The molecular weight excluding hydrogens is 333 g/mol. The van der Waals surface area contributed by atoms with Crippen molar-refractivity contribution in [2.75, 3.05) is 5.32 Å². The standard InChI is InChI=1S/C21H22FNO3/c1-14-5-3-6-15(2)21(14)23-20(26)8-4-7-18(24)13-19(25)16-9-11-17(22)12-10-16/h3,5-6,9-12H,4,7-8,13H2,1-2H3,(H,23,26). The van der Waals surface area contributed by atoms with Crippen LogP contribution in [0.2, 0.25) is 0 Å². The number of anilines is 1. The van der Waals surface area contributed by atoms with Gasteiger partial charge >= 0.3 is 0 Å². The maximum absolute atomic E-state index is 12.8. The summed E-state index contributed by atoms with van der Waals surface area (Å²) in [6, 6.07) is 10.9. The number of para-hydroxylation sites is 1. The molecule has 0 aliphatic carbocycles. The fourth-order valence-corrected chi connectivity index (χ4v) is 2.66. The van der Waals surface area contributed by atoms with Crippen LogP contribution in [0, 0.1) is 19.7 Å². The first-order valence-corrected chi connectivity index (χ1v) is 8.53. The second kappa shape index (κ2) is 9.04. The number of carbonyl (C=O) groups is 3. The molecule has 0 aromatic heterocycles. The number of ketones is 2. The Kier molecular flexibility index (Phi) is 6.78. The highest BCUT2D eigenvalue weighted by Gasteiger charge is 2.13. The van der Waals surface area contributed by atoms with Crippen molar-refractivity contribution in [1.82, 2.24) is 0 Å². The van der Waals surface area contributed by atoms with Crippen molar-refractivity contribution in [3.05, 3.63) is 65.0 Å². The number of amides is 1. The van der Waals surface area contributed by atoms with Crippen LogP contribution in [0.25, 0.3) is 0 Å². The number of hydrogen-bond donors (Lipinski definition) is 1. The Balaban J connectivity index is 1.76. The van der Waals surface area contributed by atoms with E-state index in [1.807, 2.05) is 32.0 Å². The largest absolute Gasteiger partial charge is 0.326 e. The molecule has 5 heteroatoms. The molecule has 4 nitrogen and oxygen atoms in total. The van der Waals surface area contributed by atoms with Crippen molar-refractivity contribution in [2.45, 2.75) is 39.5 Å². The molecule has 2 aromatic rings. The molecule has 0 saturated heterocycles. The predicted octanol–water partition coefficient (Wildman–Crippen LogP) is 4.39. The third-order valence-electron chi connectivity index (χ3n) is 4.13. The van der Waals surface area contributed by atoms with Crippen LogP contribution in [-0.2, 0) is 9.59 Å². The van der Waals surface area contributed by atoms with Crippen LogP contribution in [0.15, 0.2) is 42.5 Å². The van der Waals surface area contributed by atoms with Gasteiger partial charge in [0, 0.05) is 24.1 Å². The summed E-state index contributed by atoms with van der Waals surface area (Å²) in [5.74, 6) is -1.14. The number of halogens is 1. The Morgan fingerprint density at radius 2 is 1.54 bits per heavy atom. The molecule has 0 fully saturated rings. The van der Waals surface area contributed by atoms with Crippen molar-refractivity contribution in [3.8, 4) is 0 Å². The van der Waals surface area contributed by atoms with Gasteiger partial charge in [-0.3, -0.25) is 14.4 Å². The van der Waals surface area contributed by atoms with Crippen LogP contribution in [-0.4, -0.2) is 17.5 Å². The first-order chi connectivity index (χ1) is 12.4. The highest BCUT2D eigenvalue weighted by molar-refractivity contribution is 6.08. The quantitative estimate of drug-likeness (QED) is 0.564. The zero-order chi connectivity index (χ0) is 19.1. The van der Waals surface area contributed by atoms with Crippen molar-refractivity contribution in [2.24, 2.45) is 0 Å². The van der Waals surface area contributed by atoms with E-state index in [4.69, 9.17) is 0 Å². The van der Waals surface area contributed by atoms with E-state index in [2.05, 4.69) is 5.32 Å². The molecule has 0 radical (unpaired) electrons. The third-order valence-corrected chi connectivity index (χ3v) is 4.13. The molecule has 1 N–H and O–H groups in total. The van der Waals surface area contributed by atoms with E-state index in [1.165, 1.54) is 24.3 Å². The zero-order valence-corrected chi connectivity index (χ0v) is 15.0. The Morgan fingerprint density at radius 1 is 0.923 bits per heavy atom. The summed E-state index contributed by atoms with van der Waals surface area (Å²) in [6.45, 7) is 3.85. The van der Waals surface area contributed by atoms with Gasteiger partial charge in [-0.05, 0) is 55.7 Å². The van der Waals surface area contributed by atoms with Crippen LogP contribution in [0.1, 0.15) is 47.2 Å². The summed E-state index contributed by atoms with van der Waals surface area (Å²) in [5, 5.41) is 2.87. The molecule has 0 aliphatic rings. The Labute approximate surface area is 152 Å². The lowest BCUT2D eigenvalue weighted by atomic mass is 10.0. The molecule has 26 heavy (non-hydrogen) atoms. The fraction of sp³-hybridized carbons (Fsp3) is 0.286. The summed E-state index contributed by atoms with van der Waals surface area (Å²) >= 11 is 0. The highest BCUT2D eigenvalue weighted by Crippen LogP contribution is 2.19. The van der Waals surface area contributed by atoms with Crippen LogP contribution >= 0.6 is 0 Å². The summed E-state index contributed by atoms with van der Waals surface area (Å²) in [7, 11) is 0. The Hall–Kier alpha value is -2.82. The van der Waals surface area contributed by atoms with Gasteiger partial charge in [-0.15, -0.1) is 0 Å². The fourth-order valence-electron chi connectivity index (χ4n) is 2.66. The molecule has 2 rings (SSSR count). The number of aryl methyl sites for hydroxylation is 2. The van der Waals surface area contributed by atoms with E-state index in [0.717, 1.165) is 16.8 Å². The van der Waals surface area contributed by atoms with E-state index >= 15 is 0 Å². The molecule has 2 aromatic carbocycles. The average molecular weight is 355 g/mol. The lowest BCUT2D eigenvalue weighted by molar-refractivity contribution is -0.118. The van der Waals surface area contributed by atoms with Gasteiger partial charge in [0.25, 0.3) is 0 Å². The number of benzene rings is 2. The third kappa shape index (κ3) is 5.62. The monoisotopic (exact) mass is 355 g/mol. The van der Waals surface area contributed by atoms with Gasteiger partial charge in [-0.1, -0.05) is 18.2 Å². The molecule has 0 aliphatic heterocycles. The van der Waals surface area contributed by atoms with E-state index in [9.17, 15) is 18.8 Å². The van der Waals surface area contributed by atoms with Gasteiger partial charge in [0.1, 0.15) is 11.6 Å². The number of hydrogen-bond acceptors (Lipinski definition) is 3. The number of nitrogens with one attached hydrogen (secondary N) is 1. The lowest BCUT2D eigenvalue weighted by Gasteiger charge is -2.11. The minimum absolute atomic E-state index is 0.153. The molecule has 0 unspecified atom stereocenters. The van der Waals surface area contributed by atoms with Crippen molar-refractivity contribution in [1.29, 1.82) is 0 Å².